The molecule has 2 atom stereocenters. The van der Waals surface area contributed by atoms with E-state index in [1.165, 1.54) is 0 Å². The minimum atomic E-state index is -0.725. The Morgan fingerprint density at radius 1 is 1.06 bits per heavy atom. The molecule has 2 aliphatic rings. The molecular formula is C29H27NO5. The van der Waals surface area contributed by atoms with Gasteiger partial charge in [0.25, 0.3) is 11.7 Å². The van der Waals surface area contributed by atoms with Crippen LogP contribution in [0.3, 0.4) is 0 Å². The lowest BCUT2D eigenvalue weighted by molar-refractivity contribution is -0.139. The minimum absolute atomic E-state index is 0.0581. The SMILES string of the molecule is COc1cccc([C@@H]2/C(=C(\O)c3ccc4c(c3)C[C@H](C)O4)C(=O)C(=O)N2CCc2ccccc2)c1. The molecule has 2 heterocycles. The molecule has 0 spiro atoms. The van der Waals surface area contributed by atoms with Crippen LogP contribution in [0.5, 0.6) is 11.5 Å². The lowest BCUT2D eigenvalue weighted by Crippen LogP contribution is -2.31. The van der Waals surface area contributed by atoms with Crippen LogP contribution >= 0.6 is 0 Å². The molecule has 3 aromatic rings. The summed E-state index contributed by atoms with van der Waals surface area (Å²) in [5.74, 6) is -0.0934. The average Bonchev–Trinajstić information content (AvgIpc) is 3.38. The zero-order valence-electron chi connectivity index (χ0n) is 19.7. The molecule has 1 fully saturated rings. The number of carbonyl (C=O) groups excluding carboxylic acids is 2. The zero-order valence-corrected chi connectivity index (χ0v) is 19.7. The molecule has 1 saturated heterocycles. The third-order valence-corrected chi connectivity index (χ3v) is 6.60. The first-order valence-corrected chi connectivity index (χ1v) is 11.7. The summed E-state index contributed by atoms with van der Waals surface area (Å²) in [6, 6.07) is 21.7. The second-order valence-corrected chi connectivity index (χ2v) is 8.96. The number of aliphatic hydroxyl groups excluding tert-OH is 1. The second-order valence-electron chi connectivity index (χ2n) is 8.96. The highest BCUT2D eigenvalue weighted by Crippen LogP contribution is 2.41. The van der Waals surface area contributed by atoms with Gasteiger partial charge in [-0.3, -0.25) is 9.59 Å². The molecule has 0 bridgehead atoms. The zero-order chi connectivity index (χ0) is 24.5. The Hall–Kier alpha value is -4.06. The van der Waals surface area contributed by atoms with Crippen molar-refractivity contribution in [3.8, 4) is 11.5 Å². The lowest BCUT2D eigenvalue weighted by Gasteiger charge is -2.25. The second kappa shape index (κ2) is 9.29. The summed E-state index contributed by atoms with van der Waals surface area (Å²) in [4.78, 5) is 28.1. The predicted molar refractivity (Wildman–Crippen MR) is 132 cm³/mol. The maximum atomic E-state index is 13.3. The van der Waals surface area contributed by atoms with E-state index in [-0.39, 0.29) is 17.4 Å². The molecule has 5 rings (SSSR count). The van der Waals surface area contributed by atoms with E-state index in [4.69, 9.17) is 9.47 Å². The molecule has 0 aromatic heterocycles. The van der Waals surface area contributed by atoms with Crippen LogP contribution in [0.2, 0.25) is 0 Å². The molecule has 1 amide bonds. The Morgan fingerprint density at radius 3 is 2.63 bits per heavy atom. The number of methoxy groups -OCH3 is 1. The van der Waals surface area contributed by atoms with E-state index in [1.54, 1.807) is 36.3 Å². The molecular weight excluding hydrogens is 442 g/mol. The van der Waals surface area contributed by atoms with Gasteiger partial charge in [-0.2, -0.15) is 0 Å². The summed E-state index contributed by atoms with van der Waals surface area (Å²) < 4.78 is 11.2. The van der Waals surface area contributed by atoms with E-state index >= 15 is 0 Å². The van der Waals surface area contributed by atoms with Crippen LogP contribution in [0.1, 0.15) is 35.2 Å². The number of likely N-dealkylation sites (tertiary alicyclic amines) is 1. The molecule has 6 heteroatoms. The van der Waals surface area contributed by atoms with Crippen molar-refractivity contribution >= 4 is 17.4 Å². The number of hydrogen-bond acceptors (Lipinski definition) is 5. The number of fused-ring (bicyclic) bond motifs is 1. The first kappa shape index (κ1) is 22.7. The molecule has 6 nitrogen and oxygen atoms in total. The standard InChI is InChI=1S/C29H27NO5/c1-18-15-22-16-21(11-12-24(22)35-18)27(31)25-26(20-9-6-10-23(17-20)34-2)30(29(33)28(25)32)14-13-19-7-4-3-5-8-19/h3-12,16-18,26,31H,13-15H2,1-2H3/b27-25+/t18-,26+/m0/s1. The van der Waals surface area contributed by atoms with E-state index in [2.05, 4.69) is 0 Å². The molecule has 3 aromatic carbocycles. The van der Waals surface area contributed by atoms with Gasteiger partial charge in [0.1, 0.15) is 23.4 Å². The number of carbonyl (C=O) groups is 2. The quantitative estimate of drug-likeness (QED) is 0.322. The molecule has 0 saturated carbocycles. The number of nitrogens with zero attached hydrogens (tertiary/aromatic N) is 1. The monoisotopic (exact) mass is 469 g/mol. The van der Waals surface area contributed by atoms with E-state index < -0.39 is 17.7 Å². The number of ketones is 1. The Morgan fingerprint density at radius 2 is 1.86 bits per heavy atom. The van der Waals surface area contributed by atoms with Gasteiger partial charge in [-0.05, 0) is 60.4 Å². The molecule has 0 aliphatic carbocycles. The third kappa shape index (κ3) is 4.28. The van der Waals surface area contributed by atoms with Gasteiger partial charge in [0, 0.05) is 18.5 Å². The number of ether oxygens (including phenoxy) is 2. The Balaban J connectivity index is 1.58. The number of amides is 1. The molecule has 0 unspecified atom stereocenters. The van der Waals surface area contributed by atoms with Crippen LogP contribution in [0.15, 0.2) is 78.4 Å². The van der Waals surface area contributed by atoms with Crippen molar-refractivity contribution in [3.05, 3.63) is 101 Å². The van der Waals surface area contributed by atoms with Gasteiger partial charge in [-0.25, -0.2) is 0 Å². The Labute approximate surface area is 204 Å². The lowest BCUT2D eigenvalue weighted by atomic mass is 9.94. The van der Waals surface area contributed by atoms with Gasteiger partial charge in [0.05, 0.1) is 18.7 Å². The number of benzene rings is 3. The van der Waals surface area contributed by atoms with Crippen molar-refractivity contribution < 1.29 is 24.2 Å². The minimum Gasteiger partial charge on any atom is -0.507 e. The topological polar surface area (TPSA) is 76.1 Å². The van der Waals surface area contributed by atoms with Crippen molar-refractivity contribution in [2.24, 2.45) is 0 Å². The number of Topliss-reactive ketones (excluding diaryl/α,β-unsaturated/α-hetero) is 1. The highest BCUT2D eigenvalue weighted by molar-refractivity contribution is 6.46. The molecule has 35 heavy (non-hydrogen) atoms. The van der Waals surface area contributed by atoms with Crippen LogP contribution in [0, 0.1) is 0 Å². The van der Waals surface area contributed by atoms with Crippen molar-refractivity contribution in [3.63, 3.8) is 0 Å². The van der Waals surface area contributed by atoms with Crippen molar-refractivity contribution in [2.75, 3.05) is 13.7 Å². The Kier molecular flexibility index (Phi) is 6.03. The first-order valence-electron chi connectivity index (χ1n) is 11.7. The number of rotatable bonds is 6. The van der Waals surface area contributed by atoms with Crippen LogP contribution in [0.25, 0.3) is 5.76 Å². The van der Waals surface area contributed by atoms with Crippen molar-refractivity contribution in [1.82, 2.24) is 4.90 Å². The summed E-state index contributed by atoms with van der Waals surface area (Å²) in [7, 11) is 1.57. The molecule has 178 valence electrons. The average molecular weight is 470 g/mol. The molecule has 2 aliphatic heterocycles. The number of hydrogen-bond donors (Lipinski definition) is 1. The van der Waals surface area contributed by atoms with Gasteiger partial charge >= 0.3 is 0 Å². The van der Waals surface area contributed by atoms with Crippen molar-refractivity contribution in [2.45, 2.75) is 31.9 Å². The predicted octanol–water partition coefficient (Wildman–Crippen LogP) is 4.68. The van der Waals surface area contributed by atoms with E-state index in [9.17, 15) is 14.7 Å². The highest BCUT2D eigenvalue weighted by Gasteiger charge is 2.46. The van der Waals surface area contributed by atoms with Gasteiger partial charge in [0.2, 0.25) is 0 Å². The fourth-order valence-corrected chi connectivity index (χ4v) is 4.89. The maximum Gasteiger partial charge on any atom is 0.295 e. The van der Waals surface area contributed by atoms with E-state index in [0.29, 0.717) is 29.8 Å². The van der Waals surface area contributed by atoms with E-state index in [1.807, 2.05) is 55.5 Å². The summed E-state index contributed by atoms with van der Waals surface area (Å²) in [6.07, 6.45) is 1.37. The van der Waals surface area contributed by atoms with Gasteiger partial charge < -0.3 is 19.5 Å². The van der Waals surface area contributed by atoms with Crippen LogP contribution < -0.4 is 9.47 Å². The molecule has 1 N–H and O–H groups in total. The summed E-state index contributed by atoms with van der Waals surface area (Å²) in [5.41, 5.74) is 3.32. The smallest absolute Gasteiger partial charge is 0.295 e. The molecule has 0 radical (unpaired) electrons. The van der Waals surface area contributed by atoms with Gasteiger partial charge in [-0.1, -0.05) is 42.5 Å². The highest BCUT2D eigenvalue weighted by atomic mass is 16.5. The van der Waals surface area contributed by atoms with Crippen LogP contribution in [-0.4, -0.2) is 41.5 Å². The van der Waals surface area contributed by atoms with E-state index in [0.717, 1.165) is 23.3 Å². The van der Waals surface area contributed by atoms with Crippen LogP contribution in [0.4, 0.5) is 0 Å². The van der Waals surface area contributed by atoms with Crippen molar-refractivity contribution in [1.29, 1.82) is 0 Å². The fraction of sp³-hybridized carbons (Fsp3) is 0.241. The van der Waals surface area contributed by atoms with Gasteiger partial charge in [-0.15, -0.1) is 0 Å². The fourth-order valence-electron chi connectivity index (χ4n) is 4.89. The number of aliphatic hydroxyl groups is 1. The maximum absolute atomic E-state index is 13.3. The normalized spacial score (nSPS) is 20.6. The third-order valence-electron chi connectivity index (χ3n) is 6.60. The summed E-state index contributed by atoms with van der Waals surface area (Å²) in [6.45, 7) is 2.32. The largest absolute Gasteiger partial charge is 0.507 e. The summed E-state index contributed by atoms with van der Waals surface area (Å²) in [5, 5.41) is 11.4. The summed E-state index contributed by atoms with van der Waals surface area (Å²) >= 11 is 0. The Bertz CT molecular complexity index is 1310. The first-order chi connectivity index (χ1) is 17.0. The van der Waals surface area contributed by atoms with Crippen LogP contribution in [-0.2, 0) is 22.4 Å². The van der Waals surface area contributed by atoms with Gasteiger partial charge in [0.15, 0.2) is 0 Å².